The van der Waals surface area contributed by atoms with Gasteiger partial charge in [-0.15, -0.1) is 0 Å². The predicted octanol–water partition coefficient (Wildman–Crippen LogP) is 3.15. The Bertz CT molecular complexity index is 373. The normalized spacial score (nSPS) is 11.9. The van der Waals surface area contributed by atoms with Crippen LogP contribution in [0.5, 0.6) is 5.88 Å². The molecular weight excluding hydrogens is 257 g/mol. The van der Waals surface area contributed by atoms with Gasteiger partial charge in [0, 0.05) is 6.20 Å². The molecule has 0 aliphatic rings. The van der Waals surface area contributed by atoms with Gasteiger partial charge in [-0.3, -0.25) is 0 Å². The number of ether oxygens (including phenoxy) is 1. The molecule has 16 heavy (non-hydrogen) atoms. The molecule has 0 bridgehead atoms. The van der Waals surface area contributed by atoms with Crippen LogP contribution in [-0.2, 0) is 0 Å². The standard InChI is InChI=1S/C8H5ClF5NO/c9-4-1-5(10)6(15-2-4)16-3-8(13,14)7(11)12/h1-2,7H,3H2. The van der Waals surface area contributed by atoms with Gasteiger partial charge in [0.25, 0.3) is 5.88 Å². The Hall–Kier alpha value is -1.11. The smallest absolute Gasteiger partial charge is 0.340 e. The average Bonchev–Trinajstić information content (AvgIpc) is 2.16. The van der Waals surface area contributed by atoms with Crippen LogP contribution in [-0.4, -0.2) is 23.9 Å². The fraction of sp³-hybridized carbons (Fsp3) is 0.375. The number of halogens is 6. The summed E-state index contributed by atoms with van der Waals surface area (Å²) in [6.45, 7) is -1.66. The van der Waals surface area contributed by atoms with Gasteiger partial charge in [0.15, 0.2) is 12.4 Å². The lowest BCUT2D eigenvalue weighted by Crippen LogP contribution is -2.34. The molecule has 0 unspecified atom stereocenters. The quantitative estimate of drug-likeness (QED) is 0.777. The van der Waals surface area contributed by atoms with E-state index in [1.807, 2.05) is 0 Å². The molecule has 2 nitrogen and oxygen atoms in total. The van der Waals surface area contributed by atoms with Crippen LogP contribution in [0.15, 0.2) is 12.3 Å². The van der Waals surface area contributed by atoms with E-state index < -0.39 is 30.7 Å². The second-order valence-corrected chi connectivity index (χ2v) is 3.23. The van der Waals surface area contributed by atoms with E-state index >= 15 is 0 Å². The van der Waals surface area contributed by atoms with Crippen molar-refractivity contribution in [2.45, 2.75) is 12.3 Å². The zero-order valence-electron chi connectivity index (χ0n) is 7.56. The molecule has 1 aromatic rings. The molecule has 0 atom stereocenters. The van der Waals surface area contributed by atoms with E-state index in [4.69, 9.17) is 11.6 Å². The van der Waals surface area contributed by atoms with Crippen LogP contribution in [0.1, 0.15) is 0 Å². The molecule has 1 heterocycles. The van der Waals surface area contributed by atoms with Gasteiger partial charge in [-0.1, -0.05) is 11.6 Å². The highest BCUT2D eigenvalue weighted by Gasteiger charge is 2.42. The van der Waals surface area contributed by atoms with E-state index in [2.05, 4.69) is 9.72 Å². The van der Waals surface area contributed by atoms with Crippen molar-refractivity contribution in [3.05, 3.63) is 23.1 Å². The van der Waals surface area contributed by atoms with Crippen molar-refractivity contribution < 1.29 is 26.7 Å². The first-order valence-electron chi connectivity index (χ1n) is 3.93. The highest BCUT2D eigenvalue weighted by atomic mass is 35.5. The van der Waals surface area contributed by atoms with Gasteiger partial charge in [0.2, 0.25) is 0 Å². The van der Waals surface area contributed by atoms with Gasteiger partial charge < -0.3 is 4.74 Å². The van der Waals surface area contributed by atoms with Gasteiger partial charge >= 0.3 is 12.3 Å². The van der Waals surface area contributed by atoms with Crippen LogP contribution in [0, 0.1) is 5.82 Å². The fourth-order valence-electron chi connectivity index (χ4n) is 0.736. The fourth-order valence-corrected chi connectivity index (χ4v) is 0.880. The molecule has 1 rings (SSSR count). The van der Waals surface area contributed by atoms with Crippen molar-refractivity contribution >= 4 is 11.6 Å². The van der Waals surface area contributed by atoms with Crippen LogP contribution in [0.3, 0.4) is 0 Å². The van der Waals surface area contributed by atoms with E-state index in [-0.39, 0.29) is 5.02 Å². The summed E-state index contributed by atoms with van der Waals surface area (Å²) in [5.41, 5.74) is 0. The molecule has 90 valence electrons. The second kappa shape index (κ2) is 4.82. The van der Waals surface area contributed by atoms with Crippen LogP contribution < -0.4 is 4.74 Å². The number of hydrogen-bond acceptors (Lipinski definition) is 2. The van der Waals surface area contributed by atoms with Crippen LogP contribution >= 0.6 is 11.6 Å². The molecule has 0 saturated carbocycles. The maximum absolute atomic E-state index is 12.9. The first-order chi connectivity index (χ1) is 7.33. The first kappa shape index (κ1) is 13.0. The van der Waals surface area contributed by atoms with Gasteiger partial charge in [0.1, 0.15) is 0 Å². The number of rotatable bonds is 4. The van der Waals surface area contributed by atoms with Gasteiger partial charge in [-0.2, -0.15) is 8.78 Å². The molecule has 0 saturated heterocycles. The SMILES string of the molecule is Fc1cc(Cl)cnc1OCC(F)(F)C(F)F. The minimum absolute atomic E-state index is 0.0644. The molecule has 0 aliphatic heterocycles. The Morgan fingerprint density at radius 1 is 1.44 bits per heavy atom. The summed E-state index contributed by atoms with van der Waals surface area (Å²) in [6, 6.07) is 0.768. The Morgan fingerprint density at radius 2 is 2.06 bits per heavy atom. The Balaban J connectivity index is 2.68. The highest BCUT2D eigenvalue weighted by Crippen LogP contribution is 2.25. The first-order valence-corrected chi connectivity index (χ1v) is 4.30. The number of nitrogens with zero attached hydrogens (tertiary/aromatic N) is 1. The third-order valence-corrected chi connectivity index (χ3v) is 1.70. The van der Waals surface area contributed by atoms with Crippen molar-refractivity contribution in [2.75, 3.05) is 6.61 Å². The molecule has 8 heteroatoms. The lowest BCUT2D eigenvalue weighted by Gasteiger charge is -2.15. The molecule has 0 fully saturated rings. The summed E-state index contributed by atoms with van der Waals surface area (Å²) in [5, 5.41) is -0.0644. The molecule has 0 amide bonds. The lowest BCUT2D eigenvalue weighted by molar-refractivity contribution is -0.149. The van der Waals surface area contributed by atoms with E-state index in [1.54, 1.807) is 0 Å². The number of alkyl halides is 4. The van der Waals surface area contributed by atoms with Gasteiger partial charge in [0.05, 0.1) is 5.02 Å². The summed E-state index contributed by atoms with van der Waals surface area (Å²) in [5.74, 6) is -6.25. The maximum atomic E-state index is 12.9. The van der Waals surface area contributed by atoms with Crippen LogP contribution in [0.25, 0.3) is 0 Å². The summed E-state index contributed by atoms with van der Waals surface area (Å²) in [7, 11) is 0. The highest BCUT2D eigenvalue weighted by molar-refractivity contribution is 6.30. The van der Waals surface area contributed by atoms with Crippen LogP contribution in [0.2, 0.25) is 5.02 Å². The van der Waals surface area contributed by atoms with E-state index in [0.29, 0.717) is 0 Å². The summed E-state index contributed by atoms with van der Waals surface area (Å²) in [4.78, 5) is 3.23. The summed E-state index contributed by atoms with van der Waals surface area (Å²) >= 11 is 5.33. The number of pyridine rings is 1. The Labute approximate surface area is 92.0 Å². The van der Waals surface area contributed by atoms with Crippen molar-refractivity contribution in [3.63, 3.8) is 0 Å². The van der Waals surface area contributed by atoms with Crippen molar-refractivity contribution in [2.24, 2.45) is 0 Å². The minimum atomic E-state index is -4.35. The zero-order valence-corrected chi connectivity index (χ0v) is 8.32. The molecule has 0 N–H and O–H groups in total. The van der Waals surface area contributed by atoms with E-state index in [0.717, 1.165) is 12.3 Å². The molecule has 0 aliphatic carbocycles. The van der Waals surface area contributed by atoms with Crippen molar-refractivity contribution in [1.29, 1.82) is 0 Å². The Kier molecular flexibility index (Phi) is 3.90. The van der Waals surface area contributed by atoms with Crippen LogP contribution in [0.4, 0.5) is 22.0 Å². The average molecular weight is 262 g/mol. The zero-order chi connectivity index (χ0) is 12.3. The maximum Gasteiger partial charge on any atom is 0.340 e. The van der Waals surface area contributed by atoms with Crippen molar-refractivity contribution in [3.8, 4) is 5.88 Å². The number of hydrogen-bond donors (Lipinski definition) is 0. The van der Waals surface area contributed by atoms with E-state index in [1.165, 1.54) is 0 Å². The van der Waals surface area contributed by atoms with Gasteiger partial charge in [-0.05, 0) is 6.07 Å². The number of aromatic nitrogens is 1. The molecular formula is C8H5ClF5NO. The minimum Gasteiger partial charge on any atom is -0.469 e. The monoisotopic (exact) mass is 261 g/mol. The molecule has 1 aromatic heterocycles. The molecule has 0 radical (unpaired) electrons. The Morgan fingerprint density at radius 3 is 2.56 bits per heavy atom. The van der Waals surface area contributed by atoms with E-state index in [9.17, 15) is 22.0 Å². The largest absolute Gasteiger partial charge is 0.469 e. The molecule has 0 spiro atoms. The van der Waals surface area contributed by atoms with Gasteiger partial charge in [-0.25, -0.2) is 18.2 Å². The summed E-state index contributed by atoms with van der Waals surface area (Å²) in [6.07, 6.45) is -2.94. The molecule has 0 aromatic carbocycles. The van der Waals surface area contributed by atoms with Crippen molar-refractivity contribution in [1.82, 2.24) is 4.98 Å². The topological polar surface area (TPSA) is 22.1 Å². The third-order valence-electron chi connectivity index (χ3n) is 1.49. The lowest BCUT2D eigenvalue weighted by atomic mass is 10.4. The third kappa shape index (κ3) is 3.19. The summed E-state index contributed by atoms with van der Waals surface area (Å²) < 4.78 is 65.3. The second-order valence-electron chi connectivity index (χ2n) is 2.79. The predicted molar refractivity (Wildman–Crippen MR) is 45.7 cm³/mol.